The molecule has 2 amide bonds. The van der Waals surface area contributed by atoms with E-state index in [-0.39, 0.29) is 18.4 Å². The number of nitriles is 1. The van der Waals surface area contributed by atoms with Gasteiger partial charge in [0, 0.05) is 6.54 Å². The van der Waals surface area contributed by atoms with Crippen LogP contribution < -0.4 is 5.32 Å². The van der Waals surface area contributed by atoms with Crippen LogP contribution in [0.3, 0.4) is 0 Å². The molecule has 1 aromatic carbocycles. The molecule has 1 saturated heterocycles. The molecule has 1 N–H and O–H groups in total. The molecule has 1 fully saturated rings. The number of carbonyl (C=O) groups excluding carboxylic acids is 2. The summed E-state index contributed by atoms with van der Waals surface area (Å²) in [5.41, 5.74) is 1.49. The summed E-state index contributed by atoms with van der Waals surface area (Å²) >= 11 is 0. The van der Waals surface area contributed by atoms with Crippen LogP contribution in [0.4, 0.5) is 4.79 Å². The molecule has 0 radical (unpaired) electrons. The number of ether oxygens (including phenoxy) is 1. The fourth-order valence-electron chi connectivity index (χ4n) is 3.12. The van der Waals surface area contributed by atoms with Gasteiger partial charge in [-0.2, -0.15) is 5.26 Å². The van der Waals surface area contributed by atoms with Crippen molar-refractivity contribution in [1.29, 1.82) is 5.26 Å². The number of nitrogens with zero attached hydrogens (tertiary/aromatic N) is 2. The average Bonchev–Trinajstić information content (AvgIpc) is 3.08. The molecular weight excluding hydrogens is 354 g/mol. The smallest absolute Gasteiger partial charge is 0.408 e. The maximum Gasteiger partial charge on any atom is 0.408 e. The monoisotopic (exact) mass is 383 g/mol. The zero-order valence-corrected chi connectivity index (χ0v) is 17.1. The number of hydrogen-bond acceptors (Lipinski definition) is 4. The van der Waals surface area contributed by atoms with Crippen molar-refractivity contribution in [3.63, 3.8) is 0 Å². The first-order valence-electron chi connectivity index (χ1n) is 9.62. The first-order valence-corrected chi connectivity index (χ1v) is 9.62. The van der Waals surface area contributed by atoms with Gasteiger partial charge in [-0.15, -0.1) is 0 Å². The van der Waals surface area contributed by atoms with Crippen molar-refractivity contribution in [3.05, 3.63) is 41.5 Å². The Kier molecular flexibility index (Phi) is 7.22. The molecule has 1 heterocycles. The number of benzene rings is 1. The highest BCUT2D eigenvalue weighted by molar-refractivity contribution is 5.79. The van der Waals surface area contributed by atoms with Crippen molar-refractivity contribution in [1.82, 2.24) is 10.2 Å². The first-order chi connectivity index (χ1) is 13.2. The Morgan fingerprint density at radius 2 is 2.11 bits per heavy atom. The van der Waals surface area contributed by atoms with E-state index in [2.05, 4.69) is 11.4 Å². The van der Waals surface area contributed by atoms with Crippen LogP contribution in [0, 0.1) is 18.3 Å². The lowest BCUT2D eigenvalue weighted by Crippen LogP contribution is -2.43. The van der Waals surface area contributed by atoms with E-state index in [4.69, 9.17) is 4.74 Å². The van der Waals surface area contributed by atoms with E-state index in [1.54, 1.807) is 25.7 Å². The lowest BCUT2D eigenvalue weighted by Gasteiger charge is -2.24. The van der Waals surface area contributed by atoms with Crippen molar-refractivity contribution < 1.29 is 14.3 Å². The summed E-state index contributed by atoms with van der Waals surface area (Å²) < 4.78 is 5.33. The SMILES string of the molecule is Cc1ccccc1C=CC(CC(=O)N1CCCC1C#N)NC(=O)OC(C)(C)C. The summed E-state index contributed by atoms with van der Waals surface area (Å²) in [5, 5.41) is 12.0. The third kappa shape index (κ3) is 6.41. The molecule has 0 aliphatic carbocycles. The van der Waals surface area contributed by atoms with Gasteiger partial charge in [0.1, 0.15) is 11.6 Å². The molecule has 150 valence electrons. The van der Waals surface area contributed by atoms with Gasteiger partial charge >= 0.3 is 6.09 Å². The summed E-state index contributed by atoms with van der Waals surface area (Å²) in [5.74, 6) is -0.139. The molecule has 1 aliphatic rings. The lowest BCUT2D eigenvalue weighted by molar-refractivity contribution is -0.131. The maximum absolute atomic E-state index is 12.7. The molecule has 2 atom stereocenters. The number of aryl methyl sites for hydroxylation is 1. The Balaban J connectivity index is 2.13. The number of hydrogen-bond donors (Lipinski definition) is 1. The number of nitrogens with one attached hydrogen (secondary N) is 1. The average molecular weight is 383 g/mol. The van der Waals surface area contributed by atoms with Crippen LogP contribution in [0.25, 0.3) is 6.08 Å². The second-order valence-electron chi connectivity index (χ2n) is 8.05. The van der Waals surface area contributed by atoms with E-state index in [1.165, 1.54) is 0 Å². The van der Waals surface area contributed by atoms with E-state index in [0.29, 0.717) is 13.0 Å². The molecule has 0 spiro atoms. The van der Waals surface area contributed by atoms with E-state index in [9.17, 15) is 14.9 Å². The topological polar surface area (TPSA) is 82.4 Å². The predicted molar refractivity (Wildman–Crippen MR) is 108 cm³/mol. The lowest BCUT2D eigenvalue weighted by atomic mass is 10.1. The van der Waals surface area contributed by atoms with Crippen LogP contribution in [0.2, 0.25) is 0 Å². The van der Waals surface area contributed by atoms with Gasteiger partial charge in [-0.05, 0) is 51.7 Å². The van der Waals surface area contributed by atoms with Crippen molar-refractivity contribution in [2.75, 3.05) is 6.54 Å². The molecule has 6 nitrogen and oxygen atoms in total. The fraction of sp³-hybridized carbons (Fsp3) is 0.500. The Morgan fingerprint density at radius 3 is 2.75 bits per heavy atom. The number of alkyl carbamates (subject to hydrolysis) is 1. The van der Waals surface area contributed by atoms with Crippen LogP contribution in [-0.2, 0) is 9.53 Å². The summed E-state index contributed by atoms with van der Waals surface area (Å²) in [6, 6.07) is 9.15. The molecule has 28 heavy (non-hydrogen) atoms. The summed E-state index contributed by atoms with van der Waals surface area (Å²) in [6.45, 7) is 7.95. The van der Waals surface area contributed by atoms with Gasteiger partial charge in [-0.1, -0.05) is 36.4 Å². The van der Waals surface area contributed by atoms with E-state index >= 15 is 0 Å². The molecule has 0 saturated carbocycles. The molecule has 2 unspecified atom stereocenters. The Bertz CT molecular complexity index is 774. The van der Waals surface area contributed by atoms with Crippen molar-refractivity contribution in [3.8, 4) is 6.07 Å². The van der Waals surface area contributed by atoms with Gasteiger partial charge in [0.05, 0.1) is 18.5 Å². The first kappa shape index (κ1) is 21.5. The zero-order valence-electron chi connectivity index (χ0n) is 17.1. The fourth-order valence-corrected chi connectivity index (χ4v) is 3.12. The van der Waals surface area contributed by atoms with Crippen molar-refractivity contribution in [2.24, 2.45) is 0 Å². The highest BCUT2D eigenvalue weighted by Gasteiger charge is 2.30. The largest absolute Gasteiger partial charge is 0.444 e. The molecule has 1 aromatic rings. The normalized spacial score (nSPS) is 18.0. The van der Waals surface area contributed by atoms with E-state index in [0.717, 1.165) is 17.5 Å². The Morgan fingerprint density at radius 1 is 1.39 bits per heavy atom. The highest BCUT2D eigenvalue weighted by atomic mass is 16.6. The van der Waals surface area contributed by atoms with E-state index in [1.807, 2.05) is 43.3 Å². The number of likely N-dealkylation sites (tertiary alicyclic amines) is 1. The van der Waals surface area contributed by atoms with Gasteiger partial charge in [-0.3, -0.25) is 4.79 Å². The number of carbonyl (C=O) groups is 2. The second-order valence-corrected chi connectivity index (χ2v) is 8.05. The standard InChI is InChI=1S/C22H29N3O3/c1-16-8-5-6-9-17(16)11-12-18(24-21(27)28-22(2,3)4)14-20(26)25-13-7-10-19(25)15-23/h5-6,8-9,11-12,18-19H,7,10,13-14H2,1-4H3,(H,24,27). The minimum Gasteiger partial charge on any atom is -0.444 e. The van der Waals surface area contributed by atoms with E-state index < -0.39 is 17.7 Å². The Labute approximate surface area is 167 Å². The molecule has 2 rings (SSSR count). The minimum absolute atomic E-state index is 0.0831. The third-order valence-corrected chi connectivity index (χ3v) is 4.52. The van der Waals surface area contributed by atoms with Crippen LogP contribution in [0.1, 0.15) is 51.2 Å². The second kappa shape index (κ2) is 9.41. The summed E-state index contributed by atoms with van der Waals surface area (Å²) in [7, 11) is 0. The predicted octanol–water partition coefficient (Wildman–Crippen LogP) is 3.81. The quantitative estimate of drug-likeness (QED) is 0.838. The van der Waals surface area contributed by atoms with Gasteiger partial charge in [-0.25, -0.2) is 4.79 Å². The van der Waals surface area contributed by atoms with Crippen molar-refractivity contribution >= 4 is 18.1 Å². The van der Waals surface area contributed by atoms with Crippen LogP contribution in [0.5, 0.6) is 0 Å². The number of amides is 2. The van der Waals surface area contributed by atoms with Crippen LogP contribution >= 0.6 is 0 Å². The summed E-state index contributed by atoms with van der Waals surface area (Å²) in [4.78, 5) is 26.5. The zero-order chi connectivity index (χ0) is 20.7. The Hall–Kier alpha value is -2.81. The van der Waals surface area contributed by atoms with Gasteiger partial charge in [0.15, 0.2) is 0 Å². The maximum atomic E-state index is 12.7. The molecule has 6 heteroatoms. The van der Waals surface area contributed by atoms with Gasteiger partial charge in [0.2, 0.25) is 5.91 Å². The molecular formula is C22H29N3O3. The molecule has 0 aromatic heterocycles. The van der Waals surface area contributed by atoms with Crippen LogP contribution in [0.15, 0.2) is 30.3 Å². The highest BCUT2D eigenvalue weighted by Crippen LogP contribution is 2.19. The molecule has 1 aliphatic heterocycles. The summed E-state index contributed by atoms with van der Waals surface area (Å²) in [6.07, 6.45) is 4.74. The third-order valence-electron chi connectivity index (χ3n) is 4.52. The van der Waals surface area contributed by atoms with Gasteiger partial charge < -0.3 is 15.0 Å². The van der Waals surface area contributed by atoms with Gasteiger partial charge in [0.25, 0.3) is 0 Å². The number of rotatable bonds is 5. The van der Waals surface area contributed by atoms with Crippen molar-refractivity contribution in [2.45, 2.75) is 64.6 Å². The van der Waals surface area contributed by atoms with Crippen LogP contribution in [-0.4, -0.2) is 41.1 Å². The minimum atomic E-state index is -0.626. The molecule has 0 bridgehead atoms.